The third kappa shape index (κ3) is 3.20. The van der Waals surface area contributed by atoms with Crippen molar-refractivity contribution in [2.45, 2.75) is 19.8 Å². The van der Waals surface area contributed by atoms with Gasteiger partial charge in [0.1, 0.15) is 5.82 Å². The van der Waals surface area contributed by atoms with Crippen LogP contribution in [0.25, 0.3) is 0 Å². The lowest BCUT2D eigenvalue weighted by molar-refractivity contribution is 0.549. The van der Waals surface area contributed by atoms with Gasteiger partial charge in [0.25, 0.3) is 0 Å². The average molecular weight is 205 g/mol. The Kier molecular flexibility index (Phi) is 3.56. The van der Waals surface area contributed by atoms with Crippen LogP contribution < -0.4 is 10.6 Å². The topological polar surface area (TPSA) is 37.0 Å². The molecule has 15 heavy (non-hydrogen) atoms. The SMILES string of the molecule is Cc1cccc(NCCC2CCNC2)n1. The van der Waals surface area contributed by atoms with Crippen LogP contribution in [0.4, 0.5) is 5.82 Å². The molecule has 0 amide bonds. The van der Waals surface area contributed by atoms with E-state index in [1.54, 1.807) is 0 Å². The molecule has 2 rings (SSSR count). The number of nitrogens with one attached hydrogen (secondary N) is 2. The molecule has 1 aromatic heterocycles. The third-order valence-electron chi connectivity index (χ3n) is 2.91. The molecule has 82 valence electrons. The minimum Gasteiger partial charge on any atom is -0.370 e. The molecule has 0 spiro atoms. The maximum Gasteiger partial charge on any atom is 0.126 e. The summed E-state index contributed by atoms with van der Waals surface area (Å²) in [6.45, 7) is 5.42. The Bertz CT molecular complexity index is 305. The van der Waals surface area contributed by atoms with Crippen LogP contribution >= 0.6 is 0 Å². The van der Waals surface area contributed by atoms with Gasteiger partial charge in [-0.15, -0.1) is 0 Å². The molecule has 0 aliphatic carbocycles. The van der Waals surface area contributed by atoms with Crippen molar-refractivity contribution in [1.82, 2.24) is 10.3 Å². The summed E-state index contributed by atoms with van der Waals surface area (Å²) in [6, 6.07) is 6.09. The lowest BCUT2D eigenvalue weighted by Gasteiger charge is -2.09. The van der Waals surface area contributed by atoms with E-state index in [2.05, 4.69) is 15.6 Å². The highest BCUT2D eigenvalue weighted by atomic mass is 15.0. The Labute approximate surface area is 91.3 Å². The van der Waals surface area contributed by atoms with Crippen molar-refractivity contribution < 1.29 is 0 Å². The van der Waals surface area contributed by atoms with Crippen LogP contribution in [-0.2, 0) is 0 Å². The van der Waals surface area contributed by atoms with Crippen LogP contribution in [0.2, 0.25) is 0 Å². The Morgan fingerprint density at radius 2 is 2.47 bits per heavy atom. The minimum absolute atomic E-state index is 0.849. The van der Waals surface area contributed by atoms with Crippen molar-refractivity contribution in [3.05, 3.63) is 23.9 Å². The van der Waals surface area contributed by atoms with E-state index in [0.29, 0.717) is 0 Å². The maximum atomic E-state index is 4.41. The molecule has 2 N–H and O–H groups in total. The fourth-order valence-corrected chi connectivity index (χ4v) is 2.01. The Hall–Kier alpha value is -1.09. The molecule has 3 heteroatoms. The average Bonchev–Trinajstić information content (AvgIpc) is 2.71. The Morgan fingerprint density at radius 3 is 3.20 bits per heavy atom. The number of anilines is 1. The van der Waals surface area contributed by atoms with Crippen molar-refractivity contribution in [3.63, 3.8) is 0 Å². The molecule has 1 fully saturated rings. The van der Waals surface area contributed by atoms with E-state index in [0.717, 1.165) is 24.0 Å². The van der Waals surface area contributed by atoms with Crippen LogP contribution in [0.1, 0.15) is 18.5 Å². The van der Waals surface area contributed by atoms with Crippen LogP contribution in [-0.4, -0.2) is 24.6 Å². The molecule has 1 saturated heterocycles. The Balaban J connectivity index is 1.73. The lowest BCUT2D eigenvalue weighted by atomic mass is 10.1. The zero-order chi connectivity index (χ0) is 10.5. The summed E-state index contributed by atoms with van der Waals surface area (Å²) in [4.78, 5) is 4.41. The van der Waals surface area contributed by atoms with Crippen molar-refractivity contribution in [1.29, 1.82) is 0 Å². The number of nitrogens with zero attached hydrogens (tertiary/aromatic N) is 1. The molecule has 1 aliphatic rings. The zero-order valence-electron chi connectivity index (χ0n) is 9.29. The molecule has 1 atom stereocenters. The molecule has 1 unspecified atom stereocenters. The van der Waals surface area contributed by atoms with E-state index >= 15 is 0 Å². The number of rotatable bonds is 4. The summed E-state index contributed by atoms with van der Waals surface area (Å²) in [5.41, 5.74) is 1.07. The first-order valence-electron chi connectivity index (χ1n) is 5.73. The van der Waals surface area contributed by atoms with E-state index < -0.39 is 0 Å². The van der Waals surface area contributed by atoms with Crippen LogP contribution in [0.5, 0.6) is 0 Å². The zero-order valence-corrected chi connectivity index (χ0v) is 9.29. The maximum absolute atomic E-state index is 4.41. The number of aromatic nitrogens is 1. The molecule has 0 aromatic carbocycles. The second-order valence-corrected chi connectivity index (χ2v) is 4.24. The fraction of sp³-hybridized carbons (Fsp3) is 0.583. The number of hydrogen-bond donors (Lipinski definition) is 2. The first kappa shape index (κ1) is 10.4. The van der Waals surface area contributed by atoms with Crippen LogP contribution in [0.15, 0.2) is 18.2 Å². The van der Waals surface area contributed by atoms with Gasteiger partial charge in [0.2, 0.25) is 0 Å². The van der Waals surface area contributed by atoms with E-state index in [1.165, 1.54) is 25.9 Å². The highest BCUT2D eigenvalue weighted by Gasteiger charge is 2.13. The summed E-state index contributed by atoms with van der Waals surface area (Å²) >= 11 is 0. The second kappa shape index (κ2) is 5.12. The highest BCUT2D eigenvalue weighted by molar-refractivity contribution is 5.34. The minimum atomic E-state index is 0.849. The molecule has 3 nitrogen and oxygen atoms in total. The standard InChI is InChI=1S/C12H19N3/c1-10-3-2-4-12(15-10)14-8-6-11-5-7-13-9-11/h2-4,11,13H,5-9H2,1H3,(H,14,15). The normalized spacial score (nSPS) is 20.5. The molecule has 0 bridgehead atoms. The van der Waals surface area contributed by atoms with Gasteiger partial charge in [0.15, 0.2) is 0 Å². The van der Waals surface area contributed by atoms with Crippen LogP contribution in [0.3, 0.4) is 0 Å². The van der Waals surface area contributed by atoms with Crippen LogP contribution in [0, 0.1) is 12.8 Å². The highest BCUT2D eigenvalue weighted by Crippen LogP contribution is 2.12. The molecule has 0 radical (unpaired) electrons. The summed E-state index contributed by atoms with van der Waals surface area (Å²) in [5, 5.41) is 6.76. The van der Waals surface area contributed by atoms with Crippen molar-refractivity contribution in [3.8, 4) is 0 Å². The van der Waals surface area contributed by atoms with Gasteiger partial charge in [-0.3, -0.25) is 0 Å². The Morgan fingerprint density at radius 1 is 1.53 bits per heavy atom. The molecular formula is C12H19N3. The van der Waals surface area contributed by atoms with E-state index in [4.69, 9.17) is 0 Å². The molecule has 0 saturated carbocycles. The predicted octanol–water partition coefficient (Wildman–Crippen LogP) is 1.80. The summed E-state index contributed by atoms with van der Waals surface area (Å²) < 4.78 is 0. The number of hydrogen-bond acceptors (Lipinski definition) is 3. The first-order chi connectivity index (χ1) is 7.34. The van der Waals surface area contributed by atoms with Gasteiger partial charge in [0, 0.05) is 12.2 Å². The van der Waals surface area contributed by atoms with Crippen molar-refractivity contribution >= 4 is 5.82 Å². The monoisotopic (exact) mass is 205 g/mol. The van der Waals surface area contributed by atoms with Gasteiger partial charge in [-0.05, 0) is 50.9 Å². The van der Waals surface area contributed by atoms with Gasteiger partial charge >= 0.3 is 0 Å². The number of pyridine rings is 1. The first-order valence-corrected chi connectivity index (χ1v) is 5.73. The molecule has 2 heterocycles. The van der Waals surface area contributed by atoms with E-state index in [-0.39, 0.29) is 0 Å². The lowest BCUT2D eigenvalue weighted by Crippen LogP contribution is -2.13. The predicted molar refractivity (Wildman–Crippen MR) is 63.1 cm³/mol. The fourth-order valence-electron chi connectivity index (χ4n) is 2.01. The van der Waals surface area contributed by atoms with Gasteiger partial charge in [-0.25, -0.2) is 4.98 Å². The second-order valence-electron chi connectivity index (χ2n) is 4.24. The summed E-state index contributed by atoms with van der Waals surface area (Å²) in [6.07, 6.45) is 2.56. The molecule has 1 aliphatic heterocycles. The van der Waals surface area contributed by atoms with E-state index in [1.807, 2.05) is 25.1 Å². The quantitative estimate of drug-likeness (QED) is 0.787. The van der Waals surface area contributed by atoms with Gasteiger partial charge in [-0.1, -0.05) is 6.07 Å². The summed E-state index contributed by atoms with van der Waals surface area (Å²) in [5.74, 6) is 1.85. The smallest absolute Gasteiger partial charge is 0.126 e. The molecular weight excluding hydrogens is 186 g/mol. The van der Waals surface area contributed by atoms with Gasteiger partial charge < -0.3 is 10.6 Å². The van der Waals surface area contributed by atoms with Gasteiger partial charge in [-0.2, -0.15) is 0 Å². The summed E-state index contributed by atoms with van der Waals surface area (Å²) in [7, 11) is 0. The van der Waals surface area contributed by atoms with Crippen molar-refractivity contribution in [2.75, 3.05) is 25.0 Å². The molecule has 1 aromatic rings. The van der Waals surface area contributed by atoms with E-state index in [9.17, 15) is 0 Å². The van der Waals surface area contributed by atoms with Gasteiger partial charge in [0.05, 0.1) is 0 Å². The third-order valence-corrected chi connectivity index (χ3v) is 2.91. The number of aryl methyl sites for hydroxylation is 1. The largest absolute Gasteiger partial charge is 0.370 e. The van der Waals surface area contributed by atoms with Crippen molar-refractivity contribution in [2.24, 2.45) is 5.92 Å².